The summed E-state index contributed by atoms with van der Waals surface area (Å²) in [5, 5.41) is 9.64. The van der Waals surface area contributed by atoms with E-state index in [9.17, 15) is 5.11 Å². The molecule has 0 bridgehead atoms. The molecule has 2 atom stereocenters. The number of aromatic nitrogens is 2. The maximum absolute atomic E-state index is 9.64. The van der Waals surface area contributed by atoms with E-state index in [-0.39, 0.29) is 12.0 Å². The average molecular weight is 266 g/mol. The predicted molar refractivity (Wildman–Crippen MR) is 74.2 cm³/mol. The van der Waals surface area contributed by atoms with Crippen molar-refractivity contribution in [2.24, 2.45) is 5.92 Å². The molecule has 1 aromatic rings. The van der Waals surface area contributed by atoms with Gasteiger partial charge in [0.05, 0.1) is 12.7 Å². The van der Waals surface area contributed by atoms with Gasteiger partial charge in [-0.05, 0) is 19.8 Å². The van der Waals surface area contributed by atoms with Crippen LogP contribution in [-0.4, -0.2) is 40.9 Å². The second-order valence-corrected chi connectivity index (χ2v) is 5.00. The minimum atomic E-state index is -0.302. The molecule has 2 unspecified atom stereocenters. The number of hydrogen-bond donors (Lipinski definition) is 2. The van der Waals surface area contributed by atoms with Gasteiger partial charge < -0.3 is 20.5 Å². The van der Waals surface area contributed by atoms with E-state index < -0.39 is 0 Å². The summed E-state index contributed by atoms with van der Waals surface area (Å²) < 4.78 is 5.51. The van der Waals surface area contributed by atoms with E-state index in [4.69, 9.17) is 10.5 Å². The third-order valence-corrected chi connectivity index (χ3v) is 3.48. The Kier molecular flexibility index (Phi) is 4.42. The zero-order chi connectivity index (χ0) is 13.8. The lowest BCUT2D eigenvalue weighted by atomic mass is 10.0. The molecule has 1 aromatic heterocycles. The molecule has 1 aliphatic heterocycles. The van der Waals surface area contributed by atoms with Crippen LogP contribution >= 0.6 is 0 Å². The summed E-state index contributed by atoms with van der Waals surface area (Å²) in [4.78, 5) is 10.4. The van der Waals surface area contributed by atoms with Crippen LogP contribution in [0.3, 0.4) is 0 Å². The van der Waals surface area contributed by atoms with Gasteiger partial charge in [-0.25, -0.2) is 4.98 Å². The number of ether oxygens (including phenoxy) is 1. The van der Waals surface area contributed by atoms with E-state index in [2.05, 4.69) is 14.9 Å². The highest BCUT2D eigenvalue weighted by atomic mass is 16.5. The highest BCUT2D eigenvalue weighted by Gasteiger charge is 2.28. The van der Waals surface area contributed by atoms with Gasteiger partial charge in [-0.2, -0.15) is 4.98 Å². The molecule has 1 saturated heterocycles. The molecule has 0 saturated carbocycles. The van der Waals surface area contributed by atoms with Gasteiger partial charge in [0, 0.05) is 19.0 Å². The minimum absolute atomic E-state index is 0.273. The van der Waals surface area contributed by atoms with Crippen molar-refractivity contribution in [2.45, 2.75) is 32.8 Å². The molecule has 2 heterocycles. The van der Waals surface area contributed by atoms with Crippen molar-refractivity contribution in [3.8, 4) is 5.88 Å². The van der Waals surface area contributed by atoms with Crippen molar-refractivity contribution in [1.29, 1.82) is 0 Å². The molecular weight excluding hydrogens is 244 g/mol. The molecule has 0 radical (unpaired) electrons. The third-order valence-electron chi connectivity index (χ3n) is 3.48. The molecular formula is C13H22N4O2. The maximum atomic E-state index is 9.64. The van der Waals surface area contributed by atoms with Crippen LogP contribution in [0.25, 0.3) is 0 Å². The van der Waals surface area contributed by atoms with Crippen LogP contribution in [0.2, 0.25) is 0 Å². The number of hydrogen-bond acceptors (Lipinski definition) is 6. The second-order valence-electron chi connectivity index (χ2n) is 5.00. The lowest BCUT2D eigenvalue weighted by Gasteiger charge is -2.20. The monoisotopic (exact) mass is 266 g/mol. The van der Waals surface area contributed by atoms with Gasteiger partial charge >= 0.3 is 0 Å². The summed E-state index contributed by atoms with van der Waals surface area (Å²) in [5.41, 5.74) is 6.56. The Morgan fingerprint density at radius 3 is 3.00 bits per heavy atom. The van der Waals surface area contributed by atoms with Gasteiger partial charge in [-0.3, -0.25) is 0 Å². The molecule has 6 nitrogen and oxygen atoms in total. The molecule has 19 heavy (non-hydrogen) atoms. The largest absolute Gasteiger partial charge is 0.476 e. The molecule has 2 rings (SSSR count). The van der Waals surface area contributed by atoms with E-state index in [1.54, 1.807) is 0 Å². The number of nitrogens with zero attached hydrogens (tertiary/aromatic N) is 3. The Bertz CT molecular complexity index is 425. The number of anilines is 2. The van der Waals surface area contributed by atoms with Crippen LogP contribution < -0.4 is 15.4 Å². The quantitative estimate of drug-likeness (QED) is 0.829. The molecule has 0 aliphatic carbocycles. The highest BCUT2D eigenvalue weighted by Crippen LogP contribution is 2.32. The number of nitrogen functional groups attached to an aromatic ring is 1. The summed E-state index contributed by atoms with van der Waals surface area (Å²) in [7, 11) is 0. The number of rotatable bonds is 5. The van der Waals surface area contributed by atoms with Crippen LogP contribution in [0.4, 0.5) is 11.5 Å². The molecule has 3 N–H and O–H groups in total. The van der Waals surface area contributed by atoms with E-state index in [1.165, 1.54) is 6.33 Å². The van der Waals surface area contributed by atoms with Gasteiger partial charge in [0.25, 0.3) is 0 Å². The summed E-state index contributed by atoms with van der Waals surface area (Å²) in [6, 6.07) is 0. The lowest BCUT2D eigenvalue weighted by molar-refractivity contribution is 0.136. The van der Waals surface area contributed by atoms with E-state index in [0.29, 0.717) is 24.0 Å². The SMILES string of the molecule is CCCOc1ncnc(N2CCC(C(C)O)C2)c1N. The maximum Gasteiger partial charge on any atom is 0.242 e. The first-order chi connectivity index (χ1) is 9.13. The van der Waals surface area contributed by atoms with Crippen LogP contribution in [0.5, 0.6) is 5.88 Å². The Balaban J connectivity index is 2.12. The zero-order valence-corrected chi connectivity index (χ0v) is 11.5. The van der Waals surface area contributed by atoms with Crippen molar-refractivity contribution in [1.82, 2.24) is 9.97 Å². The normalized spacial score (nSPS) is 20.6. The van der Waals surface area contributed by atoms with E-state index in [1.807, 2.05) is 13.8 Å². The van der Waals surface area contributed by atoms with Crippen LogP contribution in [0.15, 0.2) is 6.33 Å². The van der Waals surface area contributed by atoms with Crippen LogP contribution in [0, 0.1) is 5.92 Å². The molecule has 106 valence electrons. The molecule has 0 spiro atoms. The first kappa shape index (κ1) is 13.9. The third kappa shape index (κ3) is 3.07. The Morgan fingerprint density at radius 1 is 1.58 bits per heavy atom. The van der Waals surface area contributed by atoms with Gasteiger partial charge in [0.1, 0.15) is 12.0 Å². The molecule has 0 amide bonds. The fourth-order valence-electron chi connectivity index (χ4n) is 2.31. The van der Waals surface area contributed by atoms with Crippen molar-refractivity contribution in [3.05, 3.63) is 6.33 Å². The minimum Gasteiger partial charge on any atom is -0.476 e. The Morgan fingerprint density at radius 2 is 2.37 bits per heavy atom. The Labute approximate surface area is 113 Å². The molecule has 0 aromatic carbocycles. The molecule has 6 heteroatoms. The fraction of sp³-hybridized carbons (Fsp3) is 0.692. The van der Waals surface area contributed by atoms with Crippen molar-refractivity contribution >= 4 is 11.5 Å². The lowest BCUT2D eigenvalue weighted by Crippen LogP contribution is -2.25. The molecule has 1 fully saturated rings. The van der Waals surface area contributed by atoms with Crippen molar-refractivity contribution < 1.29 is 9.84 Å². The van der Waals surface area contributed by atoms with Gasteiger partial charge in [-0.1, -0.05) is 6.92 Å². The van der Waals surface area contributed by atoms with Crippen LogP contribution in [0.1, 0.15) is 26.7 Å². The topological polar surface area (TPSA) is 84.5 Å². The fourth-order valence-corrected chi connectivity index (χ4v) is 2.31. The number of nitrogens with two attached hydrogens (primary N) is 1. The van der Waals surface area contributed by atoms with Crippen molar-refractivity contribution in [2.75, 3.05) is 30.3 Å². The summed E-state index contributed by atoms with van der Waals surface area (Å²) in [6.07, 6.45) is 3.04. The summed E-state index contributed by atoms with van der Waals surface area (Å²) in [6.45, 7) is 6.08. The second kappa shape index (κ2) is 6.06. The standard InChI is InChI=1S/C13H22N4O2/c1-3-6-19-13-11(14)12(15-8-16-13)17-5-4-10(7-17)9(2)18/h8-10,18H,3-7,14H2,1-2H3. The van der Waals surface area contributed by atoms with Crippen LogP contribution in [-0.2, 0) is 0 Å². The molecule has 1 aliphatic rings. The first-order valence-electron chi connectivity index (χ1n) is 6.79. The smallest absolute Gasteiger partial charge is 0.242 e. The number of aliphatic hydroxyl groups excluding tert-OH is 1. The summed E-state index contributed by atoms with van der Waals surface area (Å²) >= 11 is 0. The average Bonchev–Trinajstić information content (AvgIpc) is 2.87. The van der Waals surface area contributed by atoms with E-state index >= 15 is 0 Å². The zero-order valence-electron chi connectivity index (χ0n) is 11.5. The first-order valence-corrected chi connectivity index (χ1v) is 6.79. The van der Waals surface area contributed by atoms with Gasteiger partial charge in [0.15, 0.2) is 5.82 Å². The van der Waals surface area contributed by atoms with E-state index in [0.717, 1.165) is 25.9 Å². The van der Waals surface area contributed by atoms with Gasteiger partial charge in [0.2, 0.25) is 5.88 Å². The number of aliphatic hydroxyl groups is 1. The Hall–Kier alpha value is -1.56. The van der Waals surface area contributed by atoms with Gasteiger partial charge in [-0.15, -0.1) is 0 Å². The summed E-state index contributed by atoms with van der Waals surface area (Å²) in [5.74, 6) is 1.44. The highest BCUT2D eigenvalue weighted by molar-refractivity contribution is 5.68. The predicted octanol–water partition coefficient (Wildman–Crippen LogP) is 1.05. The van der Waals surface area contributed by atoms with Crippen molar-refractivity contribution in [3.63, 3.8) is 0 Å².